The third kappa shape index (κ3) is 3.34. The molecule has 1 saturated carbocycles. The molecule has 1 fully saturated rings. The van der Waals surface area contributed by atoms with Crippen molar-refractivity contribution in [1.82, 2.24) is 0 Å². The smallest absolute Gasteiger partial charge is 0.423 e. The monoisotopic (exact) mass is 206 g/mol. The molecule has 1 aliphatic rings. The van der Waals surface area contributed by atoms with Crippen LogP contribution in [0.4, 0.5) is 0 Å². The molecule has 0 spiro atoms. The lowest BCUT2D eigenvalue weighted by molar-refractivity contribution is 0.111. The summed E-state index contributed by atoms with van der Waals surface area (Å²) >= 11 is 0. The molecule has 0 aliphatic heterocycles. The summed E-state index contributed by atoms with van der Waals surface area (Å²) in [5, 5.41) is 17.8. The number of ether oxygens (including phenoxy) is 1. The molecule has 0 radical (unpaired) electrons. The zero-order chi connectivity index (χ0) is 10.7. The summed E-state index contributed by atoms with van der Waals surface area (Å²) in [4.78, 5) is 0. The molecule has 0 unspecified atom stereocenters. The highest BCUT2D eigenvalue weighted by atomic mass is 16.5. The van der Waals surface area contributed by atoms with Gasteiger partial charge in [0.15, 0.2) is 0 Å². The molecule has 80 valence electrons. The maximum absolute atomic E-state index is 8.90. The molecule has 2 rings (SSSR count). The minimum atomic E-state index is -1.38. The van der Waals surface area contributed by atoms with Gasteiger partial charge >= 0.3 is 7.12 Å². The van der Waals surface area contributed by atoms with Crippen molar-refractivity contribution in [2.45, 2.75) is 19.4 Å². The number of benzene rings is 1. The van der Waals surface area contributed by atoms with E-state index in [9.17, 15) is 0 Å². The van der Waals surface area contributed by atoms with Crippen molar-refractivity contribution in [3.8, 4) is 0 Å². The van der Waals surface area contributed by atoms with Crippen LogP contribution >= 0.6 is 0 Å². The summed E-state index contributed by atoms with van der Waals surface area (Å²) < 4.78 is 5.52. The van der Waals surface area contributed by atoms with Gasteiger partial charge in [0.25, 0.3) is 0 Å². The first-order valence-electron chi connectivity index (χ1n) is 5.28. The van der Waals surface area contributed by atoms with Gasteiger partial charge in [-0.1, -0.05) is 24.3 Å². The summed E-state index contributed by atoms with van der Waals surface area (Å²) in [6.07, 6.45) is 2.60. The van der Waals surface area contributed by atoms with Crippen molar-refractivity contribution in [3.05, 3.63) is 29.8 Å². The van der Waals surface area contributed by atoms with Crippen LogP contribution in [0.25, 0.3) is 0 Å². The molecule has 1 aromatic rings. The van der Waals surface area contributed by atoms with E-state index >= 15 is 0 Å². The van der Waals surface area contributed by atoms with Gasteiger partial charge in [0, 0.05) is 6.61 Å². The Morgan fingerprint density at radius 3 is 2.40 bits per heavy atom. The minimum absolute atomic E-state index is 0.515. The van der Waals surface area contributed by atoms with Gasteiger partial charge in [-0.2, -0.15) is 0 Å². The fourth-order valence-corrected chi connectivity index (χ4v) is 1.41. The predicted molar refractivity (Wildman–Crippen MR) is 58.6 cm³/mol. The highest BCUT2D eigenvalue weighted by Crippen LogP contribution is 2.28. The Morgan fingerprint density at radius 1 is 1.20 bits per heavy atom. The lowest BCUT2D eigenvalue weighted by atomic mass is 9.80. The summed E-state index contributed by atoms with van der Waals surface area (Å²) in [5.74, 6) is 0.781. The van der Waals surface area contributed by atoms with Crippen molar-refractivity contribution in [3.63, 3.8) is 0 Å². The molecule has 0 bridgehead atoms. The van der Waals surface area contributed by atoms with Crippen LogP contribution in [0.2, 0.25) is 0 Å². The molecule has 15 heavy (non-hydrogen) atoms. The van der Waals surface area contributed by atoms with E-state index in [4.69, 9.17) is 14.8 Å². The second-order valence-corrected chi connectivity index (χ2v) is 4.07. The van der Waals surface area contributed by atoms with E-state index in [0.717, 1.165) is 18.1 Å². The third-order valence-electron chi connectivity index (χ3n) is 2.60. The topological polar surface area (TPSA) is 49.7 Å². The number of hydrogen-bond acceptors (Lipinski definition) is 3. The third-order valence-corrected chi connectivity index (χ3v) is 2.60. The Bertz CT molecular complexity index is 306. The van der Waals surface area contributed by atoms with Crippen LogP contribution in [0.15, 0.2) is 24.3 Å². The van der Waals surface area contributed by atoms with Crippen LogP contribution in [-0.4, -0.2) is 23.8 Å². The second kappa shape index (κ2) is 4.79. The van der Waals surface area contributed by atoms with Gasteiger partial charge in [0.1, 0.15) is 0 Å². The zero-order valence-electron chi connectivity index (χ0n) is 8.60. The first-order chi connectivity index (χ1) is 7.25. The minimum Gasteiger partial charge on any atom is -0.423 e. The molecule has 3 nitrogen and oxygen atoms in total. The maximum Gasteiger partial charge on any atom is 0.488 e. The Labute approximate surface area is 89.8 Å². The summed E-state index contributed by atoms with van der Waals surface area (Å²) in [6, 6.07) is 7.14. The van der Waals surface area contributed by atoms with E-state index in [2.05, 4.69) is 0 Å². The van der Waals surface area contributed by atoms with Gasteiger partial charge in [0.05, 0.1) is 6.61 Å². The van der Waals surface area contributed by atoms with E-state index in [0.29, 0.717) is 12.1 Å². The first kappa shape index (κ1) is 10.7. The van der Waals surface area contributed by atoms with Gasteiger partial charge in [-0.3, -0.25) is 0 Å². The van der Waals surface area contributed by atoms with Crippen LogP contribution in [-0.2, 0) is 11.3 Å². The van der Waals surface area contributed by atoms with Crippen molar-refractivity contribution < 1.29 is 14.8 Å². The standard InChI is InChI=1S/C11H15BO3/c13-12(14)11-5-3-10(4-6-11)8-15-7-9-1-2-9/h3-6,9,13-14H,1-2,7-8H2. The van der Waals surface area contributed by atoms with Gasteiger partial charge in [-0.25, -0.2) is 0 Å². The quantitative estimate of drug-likeness (QED) is 0.681. The van der Waals surface area contributed by atoms with Crippen molar-refractivity contribution in [1.29, 1.82) is 0 Å². The molecule has 0 heterocycles. The first-order valence-corrected chi connectivity index (χ1v) is 5.28. The molecule has 4 heteroatoms. The Hall–Kier alpha value is -0.835. The Kier molecular flexibility index (Phi) is 3.41. The molecule has 1 aromatic carbocycles. The SMILES string of the molecule is OB(O)c1ccc(COCC2CC2)cc1. The Balaban J connectivity index is 1.80. The molecule has 0 saturated heterocycles. The zero-order valence-corrected chi connectivity index (χ0v) is 8.60. The highest BCUT2D eigenvalue weighted by Gasteiger charge is 2.21. The lowest BCUT2D eigenvalue weighted by Crippen LogP contribution is -2.29. The van der Waals surface area contributed by atoms with E-state index in [1.165, 1.54) is 12.8 Å². The second-order valence-electron chi connectivity index (χ2n) is 4.07. The van der Waals surface area contributed by atoms with Gasteiger partial charge in [-0.05, 0) is 29.8 Å². The fraction of sp³-hybridized carbons (Fsp3) is 0.455. The van der Waals surface area contributed by atoms with E-state index in [1.54, 1.807) is 12.1 Å². The molecule has 0 aromatic heterocycles. The van der Waals surface area contributed by atoms with Crippen LogP contribution in [0, 0.1) is 5.92 Å². The molecule has 0 atom stereocenters. The van der Waals surface area contributed by atoms with Crippen molar-refractivity contribution >= 4 is 12.6 Å². The van der Waals surface area contributed by atoms with Gasteiger partial charge in [0.2, 0.25) is 0 Å². The summed E-state index contributed by atoms with van der Waals surface area (Å²) in [6.45, 7) is 1.46. The van der Waals surface area contributed by atoms with Gasteiger partial charge < -0.3 is 14.8 Å². The largest absolute Gasteiger partial charge is 0.488 e. The summed E-state index contributed by atoms with van der Waals surface area (Å²) in [7, 11) is -1.38. The number of rotatable bonds is 5. The average molecular weight is 206 g/mol. The summed E-state index contributed by atoms with van der Waals surface area (Å²) in [5.41, 5.74) is 1.58. The van der Waals surface area contributed by atoms with Crippen LogP contribution < -0.4 is 5.46 Å². The van der Waals surface area contributed by atoms with Crippen molar-refractivity contribution in [2.75, 3.05) is 6.61 Å². The van der Waals surface area contributed by atoms with Crippen LogP contribution in [0.3, 0.4) is 0 Å². The van der Waals surface area contributed by atoms with E-state index in [-0.39, 0.29) is 0 Å². The Morgan fingerprint density at radius 2 is 1.87 bits per heavy atom. The van der Waals surface area contributed by atoms with E-state index < -0.39 is 7.12 Å². The van der Waals surface area contributed by atoms with Crippen LogP contribution in [0.5, 0.6) is 0 Å². The van der Waals surface area contributed by atoms with Crippen LogP contribution in [0.1, 0.15) is 18.4 Å². The average Bonchev–Trinajstić information content (AvgIpc) is 3.02. The van der Waals surface area contributed by atoms with Crippen molar-refractivity contribution in [2.24, 2.45) is 5.92 Å². The number of hydrogen-bond donors (Lipinski definition) is 2. The fourth-order valence-electron chi connectivity index (χ4n) is 1.41. The molecular formula is C11H15BO3. The molecule has 0 amide bonds. The van der Waals surface area contributed by atoms with E-state index in [1.807, 2.05) is 12.1 Å². The molecular weight excluding hydrogens is 191 g/mol. The highest BCUT2D eigenvalue weighted by molar-refractivity contribution is 6.58. The maximum atomic E-state index is 8.90. The lowest BCUT2D eigenvalue weighted by Gasteiger charge is -2.04. The predicted octanol–water partition coefficient (Wildman–Crippen LogP) is 0.293. The molecule has 2 N–H and O–H groups in total. The van der Waals surface area contributed by atoms with Gasteiger partial charge in [-0.15, -0.1) is 0 Å². The normalized spacial score (nSPS) is 15.3. The molecule has 1 aliphatic carbocycles.